The third kappa shape index (κ3) is 3.61. The van der Waals surface area contributed by atoms with Gasteiger partial charge in [-0.15, -0.1) is 24.8 Å². The molecule has 2 atom stereocenters. The van der Waals surface area contributed by atoms with Crippen LogP contribution in [0.3, 0.4) is 0 Å². The van der Waals surface area contributed by atoms with Crippen LogP contribution in [0, 0.1) is 0 Å². The summed E-state index contributed by atoms with van der Waals surface area (Å²) in [5, 5.41) is 1.98. The Morgan fingerprint density at radius 1 is 1.09 bits per heavy atom. The number of halogens is 2. The van der Waals surface area contributed by atoms with Gasteiger partial charge in [-0.25, -0.2) is 5.01 Å². The summed E-state index contributed by atoms with van der Waals surface area (Å²) in [6.45, 7) is 4.38. The van der Waals surface area contributed by atoms with E-state index in [2.05, 4.69) is 13.8 Å². The van der Waals surface area contributed by atoms with E-state index in [9.17, 15) is 0 Å². The Labute approximate surface area is 81.3 Å². The Hall–Kier alpha value is 0.500. The molecule has 11 heavy (non-hydrogen) atoms. The number of hydrazine groups is 1. The minimum absolute atomic E-state index is 0. The number of hydrogen-bond acceptors (Lipinski definition) is 2. The molecule has 1 rings (SSSR count). The second kappa shape index (κ2) is 6.06. The fourth-order valence-electron chi connectivity index (χ4n) is 1.44. The van der Waals surface area contributed by atoms with Crippen molar-refractivity contribution in [1.82, 2.24) is 5.01 Å². The zero-order valence-corrected chi connectivity index (χ0v) is 8.75. The molecular formula is C7H18Cl2N2. The van der Waals surface area contributed by atoms with Crippen LogP contribution in [0.4, 0.5) is 0 Å². The summed E-state index contributed by atoms with van der Waals surface area (Å²) in [4.78, 5) is 0. The molecule has 0 spiro atoms. The van der Waals surface area contributed by atoms with Crippen molar-refractivity contribution in [3.05, 3.63) is 0 Å². The summed E-state index contributed by atoms with van der Waals surface area (Å²) in [6, 6.07) is 1.18. The second-order valence-electron chi connectivity index (χ2n) is 3.08. The molecule has 1 fully saturated rings. The maximum absolute atomic E-state index is 5.76. The van der Waals surface area contributed by atoms with E-state index in [1.807, 2.05) is 5.01 Å². The van der Waals surface area contributed by atoms with Gasteiger partial charge in [0.15, 0.2) is 0 Å². The number of nitrogens with two attached hydrogens (primary N) is 1. The first-order valence-electron chi connectivity index (χ1n) is 3.75. The first kappa shape index (κ1) is 14.0. The minimum Gasteiger partial charge on any atom is -0.268 e. The van der Waals surface area contributed by atoms with Crippen LogP contribution in [0.2, 0.25) is 0 Å². The molecule has 0 radical (unpaired) electrons. The van der Waals surface area contributed by atoms with Crippen LogP contribution >= 0.6 is 24.8 Å². The molecule has 0 bridgehead atoms. The lowest BCUT2D eigenvalue weighted by molar-refractivity contribution is 0.105. The van der Waals surface area contributed by atoms with Crippen molar-refractivity contribution in [2.75, 3.05) is 0 Å². The average Bonchev–Trinajstić information content (AvgIpc) is 1.83. The van der Waals surface area contributed by atoms with Crippen molar-refractivity contribution >= 4 is 24.8 Å². The van der Waals surface area contributed by atoms with Crippen LogP contribution in [0.5, 0.6) is 0 Å². The van der Waals surface area contributed by atoms with Crippen molar-refractivity contribution in [2.24, 2.45) is 5.84 Å². The van der Waals surface area contributed by atoms with E-state index in [4.69, 9.17) is 5.84 Å². The van der Waals surface area contributed by atoms with E-state index >= 15 is 0 Å². The van der Waals surface area contributed by atoms with Gasteiger partial charge in [-0.2, -0.15) is 0 Å². The van der Waals surface area contributed by atoms with Gasteiger partial charge in [-0.05, 0) is 26.7 Å². The summed E-state index contributed by atoms with van der Waals surface area (Å²) in [5.41, 5.74) is 0. The molecule has 2 unspecified atom stereocenters. The zero-order chi connectivity index (χ0) is 6.85. The molecule has 1 saturated heterocycles. The van der Waals surface area contributed by atoms with E-state index in [0.29, 0.717) is 12.1 Å². The third-order valence-electron chi connectivity index (χ3n) is 2.26. The Bertz CT molecular complexity index is 90.4. The Balaban J connectivity index is 0. The molecule has 0 aliphatic carbocycles. The highest BCUT2D eigenvalue weighted by molar-refractivity contribution is 5.85. The highest BCUT2D eigenvalue weighted by atomic mass is 35.5. The summed E-state index contributed by atoms with van der Waals surface area (Å²) < 4.78 is 0. The molecule has 1 aliphatic heterocycles. The predicted octanol–water partition coefficient (Wildman–Crippen LogP) is 1.97. The molecule has 2 N–H and O–H groups in total. The lowest BCUT2D eigenvalue weighted by atomic mass is 10.0. The van der Waals surface area contributed by atoms with Crippen molar-refractivity contribution in [3.8, 4) is 0 Å². The zero-order valence-electron chi connectivity index (χ0n) is 7.12. The Morgan fingerprint density at radius 2 is 1.45 bits per heavy atom. The molecule has 0 amide bonds. The first-order valence-corrected chi connectivity index (χ1v) is 3.75. The number of piperidine rings is 1. The topological polar surface area (TPSA) is 29.3 Å². The summed E-state index contributed by atoms with van der Waals surface area (Å²) in [5.74, 6) is 5.76. The van der Waals surface area contributed by atoms with Crippen molar-refractivity contribution in [2.45, 2.75) is 45.2 Å². The van der Waals surface area contributed by atoms with Gasteiger partial charge in [-0.3, -0.25) is 5.84 Å². The maximum atomic E-state index is 5.76. The predicted molar refractivity (Wildman–Crippen MR) is 53.3 cm³/mol. The maximum Gasteiger partial charge on any atom is 0.0215 e. The van der Waals surface area contributed by atoms with E-state index < -0.39 is 0 Å². The van der Waals surface area contributed by atoms with Gasteiger partial charge in [0, 0.05) is 12.1 Å². The highest BCUT2D eigenvalue weighted by Crippen LogP contribution is 2.18. The largest absolute Gasteiger partial charge is 0.268 e. The normalized spacial score (nSPS) is 31.9. The molecule has 70 valence electrons. The third-order valence-corrected chi connectivity index (χ3v) is 2.26. The summed E-state index contributed by atoms with van der Waals surface area (Å²) >= 11 is 0. The number of hydrogen-bond donors (Lipinski definition) is 1. The molecule has 1 aliphatic rings. The van der Waals surface area contributed by atoms with Gasteiger partial charge in [0.25, 0.3) is 0 Å². The van der Waals surface area contributed by atoms with Gasteiger partial charge in [0.1, 0.15) is 0 Å². The smallest absolute Gasteiger partial charge is 0.0215 e. The van der Waals surface area contributed by atoms with E-state index in [0.717, 1.165) is 0 Å². The fraction of sp³-hybridized carbons (Fsp3) is 1.00. The van der Waals surface area contributed by atoms with Crippen molar-refractivity contribution in [1.29, 1.82) is 0 Å². The Kier molecular flexibility index (Phi) is 7.75. The van der Waals surface area contributed by atoms with Crippen LogP contribution in [-0.2, 0) is 0 Å². The van der Waals surface area contributed by atoms with Crippen molar-refractivity contribution in [3.63, 3.8) is 0 Å². The molecule has 0 saturated carbocycles. The SMILES string of the molecule is CC1CCCC(C)N1N.Cl.Cl. The van der Waals surface area contributed by atoms with Gasteiger partial charge in [-0.1, -0.05) is 6.42 Å². The lowest BCUT2D eigenvalue weighted by Crippen LogP contribution is -2.48. The van der Waals surface area contributed by atoms with E-state index in [-0.39, 0.29) is 24.8 Å². The summed E-state index contributed by atoms with van der Waals surface area (Å²) in [7, 11) is 0. The molecule has 0 aromatic rings. The highest BCUT2D eigenvalue weighted by Gasteiger charge is 2.20. The minimum atomic E-state index is 0. The first-order chi connectivity index (χ1) is 4.22. The van der Waals surface area contributed by atoms with Crippen LogP contribution in [0.1, 0.15) is 33.1 Å². The molecular weight excluding hydrogens is 183 g/mol. The van der Waals surface area contributed by atoms with Gasteiger partial charge in [0.05, 0.1) is 0 Å². The Morgan fingerprint density at radius 3 is 1.73 bits per heavy atom. The lowest BCUT2D eigenvalue weighted by Gasteiger charge is -2.34. The van der Waals surface area contributed by atoms with Gasteiger partial charge < -0.3 is 0 Å². The molecule has 1 heterocycles. The van der Waals surface area contributed by atoms with Crippen LogP contribution in [-0.4, -0.2) is 17.1 Å². The fourth-order valence-corrected chi connectivity index (χ4v) is 1.44. The quantitative estimate of drug-likeness (QED) is 0.607. The molecule has 0 aromatic carbocycles. The van der Waals surface area contributed by atoms with Crippen LogP contribution in [0.15, 0.2) is 0 Å². The molecule has 2 nitrogen and oxygen atoms in total. The van der Waals surface area contributed by atoms with E-state index in [1.165, 1.54) is 19.3 Å². The van der Waals surface area contributed by atoms with Crippen molar-refractivity contribution < 1.29 is 0 Å². The molecule has 0 aromatic heterocycles. The second-order valence-corrected chi connectivity index (χ2v) is 3.08. The standard InChI is InChI=1S/C7H16N2.2ClH/c1-6-4-3-5-7(2)9(6)8;;/h6-7H,3-5,8H2,1-2H3;2*1H. The van der Waals surface area contributed by atoms with Gasteiger partial charge in [0.2, 0.25) is 0 Å². The number of nitrogens with zero attached hydrogens (tertiary/aromatic N) is 1. The monoisotopic (exact) mass is 200 g/mol. The van der Waals surface area contributed by atoms with Crippen LogP contribution in [0.25, 0.3) is 0 Å². The summed E-state index contributed by atoms with van der Waals surface area (Å²) in [6.07, 6.45) is 3.87. The van der Waals surface area contributed by atoms with Gasteiger partial charge >= 0.3 is 0 Å². The molecule has 4 heteroatoms. The average molecular weight is 201 g/mol. The number of rotatable bonds is 0. The van der Waals surface area contributed by atoms with Crippen LogP contribution < -0.4 is 5.84 Å². The van der Waals surface area contributed by atoms with E-state index in [1.54, 1.807) is 0 Å².